The molecule has 0 saturated carbocycles. The molecule has 1 amide bonds. The highest BCUT2D eigenvalue weighted by Crippen LogP contribution is 2.34. The number of halogens is 4. The van der Waals surface area contributed by atoms with Gasteiger partial charge in [0.2, 0.25) is 5.91 Å². The lowest BCUT2D eigenvalue weighted by Gasteiger charge is -2.35. The smallest absolute Gasteiger partial charge is 0.384 e. The maximum Gasteiger partial charge on any atom is 0.416 e. The highest BCUT2D eigenvalue weighted by Gasteiger charge is 2.40. The second-order valence-electron chi connectivity index (χ2n) is 6.53. The first-order chi connectivity index (χ1) is 12.8. The van der Waals surface area contributed by atoms with Gasteiger partial charge >= 0.3 is 6.18 Å². The zero-order valence-electron chi connectivity index (χ0n) is 15.1. The van der Waals surface area contributed by atoms with Crippen LogP contribution >= 0.6 is 23.7 Å². The SMILES string of the molecule is COCC1(C(=O)Nc2nc(-c3cccc(C(F)(F)F)c3)cs2)CCNCC1.Cl. The van der Waals surface area contributed by atoms with Crippen molar-refractivity contribution in [2.45, 2.75) is 19.0 Å². The number of benzene rings is 1. The van der Waals surface area contributed by atoms with Gasteiger partial charge in [0, 0.05) is 18.1 Å². The highest BCUT2D eigenvalue weighted by molar-refractivity contribution is 7.14. The lowest BCUT2D eigenvalue weighted by molar-refractivity contribution is -0.137. The molecule has 1 aromatic carbocycles. The molecule has 2 N–H and O–H groups in total. The molecule has 5 nitrogen and oxygen atoms in total. The molecule has 28 heavy (non-hydrogen) atoms. The molecule has 1 saturated heterocycles. The molecule has 10 heteroatoms. The molecule has 1 fully saturated rings. The summed E-state index contributed by atoms with van der Waals surface area (Å²) < 4.78 is 43.9. The van der Waals surface area contributed by atoms with Crippen LogP contribution in [-0.2, 0) is 15.7 Å². The van der Waals surface area contributed by atoms with Crippen molar-refractivity contribution in [2.75, 3.05) is 32.1 Å². The van der Waals surface area contributed by atoms with Crippen LogP contribution in [0.15, 0.2) is 29.6 Å². The number of ether oxygens (including phenoxy) is 1. The van der Waals surface area contributed by atoms with Crippen molar-refractivity contribution in [1.82, 2.24) is 10.3 Å². The summed E-state index contributed by atoms with van der Waals surface area (Å²) in [6.07, 6.45) is -3.11. The fourth-order valence-electron chi connectivity index (χ4n) is 3.17. The average molecular weight is 436 g/mol. The second kappa shape index (κ2) is 9.21. The quantitative estimate of drug-likeness (QED) is 0.738. The van der Waals surface area contributed by atoms with Crippen molar-refractivity contribution >= 4 is 34.8 Å². The summed E-state index contributed by atoms with van der Waals surface area (Å²) in [5, 5.41) is 8.03. The number of rotatable bonds is 5. The lowest BCUT2D eigenvalue weighted by Crippen LogP contribution is -2.47. The van der Waals surface area contributed by atoms with E-state index in [1.165, 1.54) is 17.4 Å². The van der Waals surface area contributed by atoms with Crippen LogP contribution in [0.2, 0.25) is 0 Å². The van der Waals surface area contributed by atoms with Gasteiger partial charge in [-0.05, 0) is 38.1 Å². The third-order valence-electron chi connectivity index (χ3n) is 4.67. The van der Waals surface area contributed by atoms with Crippen LogP contribution < -0.4 is 10.6 Å². The molecule has 0 spiro atoms. The van der Waals surface area contributed by atoms with E-state index in [9.17, 15) is 18.0 Å². The van der Waals surface area contributed by atoms with Crippen molar-refractivity contribution in [3.05, 3.63) is 35.2 Å². The van der Waals surface area contributed by atoms with E-state index in [4.69, 9.17) is 4.74 Å². The Kier molecular flexibility index (Phi) is 7.44. The van der Waals surface area contributed by atoms with E-state index < -0.39 is 17.2 Å². The van der Waals surface area contributed by atoms with Gasteiger partial charge < -0.3 is 15.4 Å². The van der Waals surface area contributed by atoms with Crippen LogP contribution in [0.25, 0.3) is 11.3 Å². The van der Waals surface area contributed by atoms with E-state index in [1.54, 1.807) is 18.6 Å². The molecular formula is C18H21ClF3N3O2S. The standard InChI is InChI=1S/C18H20F3N3O2S.ClH/c1-26-11-17(5-7-22-8-6-17)15(25)24-16-23-14(10-27-16)12-3-2-4-13(9-12)18(19,20)21;/h2-4,9-10,22H,5-8,11H2,1H3,(H,23,24,25);1H. The maximum atomic E-state index is 12.9. The summed E-state index contributed by atoms with van der Waals surface area (Å²) in [6, 6.07) is 4.98. The molecular weight excluding hydrogens is 415 g/mol. The number of aromatic nitrogens is 1. The Morgan fingerprint density at radius 1 is 1.36 bits per heavy atom. The maximum absolute atomic E-state index is 12.9. The van der Waals surface area contributed by atoms with E-state index in [-0.39, 0.29) is 18.3 Å². The number of methoxy groups -OCH3 is 1. The molecule has 0 bridgehead atoms. The van der Waals surface area contributed by atoms with Crippen LogP contribution in [0.4, 0.5) is 18.3 Å². The minimum Gasteiger partial charge on any atom is -0.384 e. The van der Waals surface area contributed by atoms with Gasteiger partial charge in [-0.3, -0.25) is 4.79 Å². The summed E-state index contributed by atoms with van der Waals surface area (Å²) in [5.41, 5.74) is -0.600. The van der Waals surface area contributed by atoms with E-state index >= 15 is 0 Å². The average Bonchev–Trinajstić information content (AvgIpc) is 3.11. The molecule has 1 aromatic heterocycles. The molecule has 2 aromatic rings. The summed E-state index contributed by atoms with van der Waals surface area (Å²) >= 11 is 1.19. The minimum atomic E-state index is -4.41. The topological polar surface area (TPSA) is 63.2 Å². The third kappa shape index (κ3) is 5.02. The zero-order chi connectivity index (χ0) is 19.5. The largest absolute Gasteiger partial charge is 0.416 e. The molecule has 0 aliphatic carbocycles. The number of anilines is 1. The van der Waals surface area contributed by atoms with Crippen molar-refractivity contribution in [2.24, 2.45) is 5.41 Å². The number of amides is 1. The predicted octanol–water partition coefficient (Wildman–Crippen LogP) is 4.21. The van der Waals surface area contributed by atoms with Crippen molar-refractivity contribution in [3.8, 4) is 11.3 Å². The Morgan fingerprint density at radius 3 is 2.71 bits per heavy atom. The van der Waals surface area contributed by atoms with Crippen LogP contribution in [0.1, 0.15) is 18.4 Å². The van der Waals surface area contributed by atoms with Crippen molar-refractivity contribution < 1.29 is 22.7 Å². The molecule has 0 atom stereocenters. The third-order valence-corrected chi connectivity index (χ3v) is 5.43. The van der Waals surface area contributed by atoms with Crippen molar-refractivity contribution in [1.29, 1.82) is 0 Å². The first-order valence-corrected chi connectivity index (χ1v) is 9.36. The Bertz CT molecular complexity index is 802. The van der Waals surface area contributed by atoms with Gasteiger partial charge in [-0.1, -0.05) is 12.1 Å². The van der Waals surface area contributed by atoms with Crippen LogP contribution in [0.5, 0.6) is 0 Å². The second-order valence-corrected chi connectivity index (χ2v) is 7.39. The van der Waals surface area contributed by atoms with Crippen LogP contribution in [0.3, 0.4) is 0 Å². The Hall–Kier alpha value is -1.68. The highest BCUT2D eigenvalue weighted by atomic mass is 35.5. The van der Waals surface area contributed by atoms with E-state index in [0.717, 1.165) is 25.2 Å². The molecule has 0 unspecified atom stereocenters. The number of nitrogens with one attached hydrogen (secondary N) is 2. The molecule has 154 valence electrons. The van der Waals surface area contributed by atoms with Gasteiger partial charge in [-0.2, -0.15) is 13.2 Å². The van der Waals surface area contributed by atoms with Crippen molar-refractivity contribution in [3.63, 3.8) is 0 Å². The van der Waals surface area contributed by atoms with Gasteiger partial charge in [0.05, 0.1) is 23.3 Å². The number of thiazole rings is 1. The number of hydrogen-bond acceptors (Lipinski definition) is 5. The monoisotopic (exact) mass is 435 g/mol. The molecule has 0 radical (unpaired) electrons. The Morgan fingerprint density at radius 2 is 2.07 bits per heavy atom. The fourth-order valence-corrected chi connectivity index (χ4v) is 3.88. The number of carbonyl (C=O) groups is 1. The normalized spacial score (nSPS) is 16.3. The van der Waals surface area contributed by atoms with Gasteiger partial charge in [-0.15, -0.1) is 23.7 Å². The first-order valence-electron chi connectivity index (χ1n) is 8.48. The van der Waals surface area contributed by atoms with Gasteiger partial charge in [-0.25, -0.2) is 4.98 Å². The lowest BCUT2D eigenvalue weighted by atomic mass is 9.79. The van der Waals surface area contributed by atoms with Gasteiger partial charge in [0.15, 0.2) is 5.13 Å². The summed E-state index contributed by atoms with van der Waals surface area (Å²) in [6.45, 7) is 1.76. The number of piperidine rings is 1. The Labute approximate surface area is 171 Å². The number of carbonyl (C=O) groups excluding carboxylic acids is 1. The Balaban J connectivity index is 0.00000280. The molecule has 1 aliphatic rings. The van der Waals surface area contributed by atoms with Gasteiger partial charge in [0.25, 0.3) is 0 Å². The van der Waals surface area contributed by atoms with Crippen LogP contribution in [-0.4, -0.2) is 37.7 Å². The molecule has 1 aliphatic heterocycles. The summed E-state index contributed by atoms with van der Waals surface area (Å²) in [4.78, 5) is 17.1. The van der Waals surface area contributed by atoms with E-state index in [2.05, 4.69) is 15.6 Å². The zero-order valence-corrected chi connectivity index (χ0v) is 16.8. The number of alkyl halides is 3. The minimum absolute atomic E-state index is 0. The molecule has 3 rings (SSSR count). The summed E-state index contributed by atoms with van der Waals surface area (Å²) in [7, 11) is 1.56. The first kappa shape index (κ1) is 22.6. The summed E-state index contributed by atoms with van der Waals surface area (Å²) in [5.74, 6) is -0.171. The number of nitrogens with zero attached hydrogens (tertiary/aromatic N) is 1. The number of hydrogen-bond donors (Lipinski definition) is 2. The predicted molar refractivity (Wildman–Crippen MR) is 105 cm³/mol. The van der Waals surface area contributed by atoms with Crippen LogP contribution in [0, 0.1) is 5.41 Å². The van der Waals surface area contributed by atoms with E-state index in [1.807, 2.05) is 0 Å². The van der Waals surface area contributed by atoms with Gasteiger partial charge in [0.1, 0.15) is 0 Å². The molecule has 2 heterocycles. The van der Waals surface area contributed by atoms with E-state index in [0.29, 0.717) is 35.8 Å². The fraction of sp³-hybridized carbons (Fsp3) is 0.444.